The lowest BCUT2D eigenvalue weighted by molar-refractivity contribution is -0.137. The molecule has 1 unspecified atom stereocenters. The van der Waals surface area contributed by atoms with Gasteiger partial charge in [-0.15, -0.1) is 0 Å². The molecule has 0 aliphatic heterocycles. The van der Waals surface area contributed by atoms with E-state index in [1.807, 2.05) is 0 Å². The van der Waals surface area contributed by atoms with Crippen LogP contribution in [0.3, 0.4) is 0 Å². The van der Waals surface area contributed by atoms with E-state index in [0.717, 1.165) is 32.1 Å². The van der Waals surface area contributed by atoms with Crippen LogP contribution in [0, 0.1) is 5.82 Å². The Bertz CT molecular complexity index is 1240. The minimum atomic E-state index is -3.95. The molecular weight excluding hydrogens is 443 g/mol. The summed E-state index contributed by atoms with van der Waals surface area (Å²) < 4.78 is 43.2. The minimum Gasteiger partial charge on any atom is -0.481 e. The molecule has 1 aliphatic rings. The number of hydrogen-bond donors (Lipinski definition) is 3. The molecule has 0 radical (unpaired) electrons. The fraction of sp³-hybridized carbons (Fsp3) is 0.318. The van der Waals surface area contributed by atoms with Gasteiger partial charge in [-0.1, -0.05) is 43.0 Å². The average molecular weight is 465 g/mol. The fourth-order valence-corrected chi connectivity index (χ4v) is 6.10. The topological polar surface area (TPSA) is 99.3 Å². The molecule has 1 aromatic heterocycles. The van der Waals surface area contributed by atoms with Gasteiger partial charge in [-0.2, -0.15) is 0 Å². The zero-order chi connectivity index (χ0) is 22.2. The Hall–Kier alpha value is -2.42. The second-order valence-electron chi connectivity index (χ2n) is 7.82. The molecule has 0 bridgehead atoms. The predicted molar refractivity (Wildman–Crippen MR) is 116 cm³/mol. The van der Waals surface area contributed by atoms with E-state index in [-0.39, 0.29) is 32.5 Å². The third-order valence-electron chi connectivity index (χ3n) is 5.75. The van der Waals surface area contributed by atoms with Crippen LogP contribution in [0.15, 0.2) is 47.5 Å². The Labute approximate surface area is 184 Å². The summed E-state index contributed by atoms with van der Waals surface area (Å²) >= 11 is 6.20. The lowest BCUT2D eigenvalue weighted by atomic mass is 9.91. The predicted octanol–water partition coefficient (Wildman–Crippen LogP) is 4.79. The molecule has 3 N–H and O–H groups in total. The van der Waals surface area contributed by atoms with Gasteiger partial charge in [0.2, 0.25) is 10.0 Å². The number of carboxylic acids is 1. The Balaban J connectivity index is 1.77. The Morgan fingerprint density at radius 1 is 1.19 bits per heavy atom. The number of fused-ring (bicyclic) bond motifs is 1. The molecule has 2 aromatic carbocycles. The van der Waals surface area contributed by atoms with Crippen molar-refractivity contribution >= 4 is 38.5 Å². The third kappa shape index (κ3) is 4.33. The Morgan fingerprint density at radius 3 is 2.65 bits per heavy atom. The zero-order valence-electron chi connectivity index (χ0n) is 16.6. The summed E-state index contributed by atoms with van der Waals surface area (Å²) in [5.41, 5.74) is 0.874. The van der Waals surface area contributed by atoms with Gasteiger partial charge in [-0.25, -0.2) is 17.5 Å². The molecule has 4 rings (SSSR count). The van der Waals surface area contributed by atoms with Crippen LogP contribution in [0.25, 0.3) is 10.9 Å². The molecule has 31 heavy (non-hydrogen) atoms. The number of aromatic amines is 1. The Kier molecular flexibility index (Phi) is 6.05. The molecular formula is C22H22ClFN2O4S. The molecule has 1 heterocycles. The second-order valence-corrected chi connectivity index (χ2v) is 9.91. The molecule has 1 saturated carbocycles. The largest absolute Gasteiger partial charge is 0.481 e. The number of hydrogen-bond acceptors (Lipinski definition) is 3. The normalized spacial score (nSPS) is 16.5. The number of sulfonamides is 1. The fourth-order valence-electron chi connectivity index (χ4n) is 4.26. The van der Waals surface area contributed by atoms with Gasteiger partial charge >= 0.3 is 5.97 Å². The van der Waals surface area contributed by atoms with Crippen LogP contribution in [0.1, 0.15) is 49.1 Å². The first-order chi connectivity index (χ1) is 14.8. The highest BCUT2D eigenvalue weighted by atomic mass is 35.5. The summed E-state index contributed by atoms with van der Waals surface area (Å²) in [6.45, 7) is 0. The highest BCUT2D eigenvalue weighted by molar-refractivity contribution is 7.89. The summed E-state index contributed by atoms with van der Waals surface area (Å²) in [6, 6.07) is 8.35. The van der Waals surface area contributed by atoms with Gasteiger partial charge in [0.15, 0.2) is 0 Å². The average Bonchev–Trinajstić information content (AvgIpc) is 3.14. The van der Waals surface area contributed by atoms with Crippen molar-refractivity contribution in [2.75, 3.05) is 0 Å². The number of aliphatic carboxylic acids is 1. The van der Waals surface area contributed by atoms with Gasteiger partial charge in [0.1, 0.15) is 16.6 Å². The van der Waals surface area contributed by atoms with Crippen molar-refractivity contribution in [3.05, 3.63) is 64.6 Å². The monoisotopic (exact) mass is 464 g/mol. The number of carboxylic acid groups (broad SMARTS) is 1. The Morgan fingerprint density at radius 2 is 1.94 bits per heavy atom. The van der Waals surface area contributed by atoms with Crippen molar-refractivity contribution in [2.45, 2.75) is 49.0 Å². The summed E-state index contributed by atoms with van der Waals surface area (Å²) in [4.78, 5) is 14.9. The summed E-state index contributed by atoms with van der Waals surface area (Å²) in [7, 11) is -3.95. The molecule has 0 saturated heterocycles. The lowest BCUT2D eigenvalue weighted by Gasteiger charge is -2.23. The van der Waals surface area contributed by atoms with E-state index in [0.29, 0.717) is 5.52 Å². The van der Waals surface area contributed by atoms with E-state index < -0.39 is 27.7 Å². The van der Waals surface area contributed by atoms with Crippen LogP contribution in [-0.4, -0.2) is 30.5 Å². The van der Waals surface area contributed by atoms with E-state index in [1.165, 1.54) is 36.5 Å². The number of aromatic nitrogens is 1. The first kappa shape index (κ1) is 21.8. The van der Waals surface area contributed by atoms with Crippen molar-refractivity contribution in [2.24, 2.45) is 0 Å². The standard InChI is InChI=1S/C22H22ClFN2O4S/c23-16-10-9-13(11-19(16)31(29,30)26-14-5-2-1-3-6-14)20(22(27)28)15-12-25-18-8-4-7-17(24)21(15)18/h4,7-12,14,20,25-26H,1-3,5-6H2,(H,27,28). The maximum Gasteiger partial charge on any atom is 0.315 e. The van der Waals surface area contributed by atoms with E-state index in [2.05, 4.69) is 9.71 Å². The summed E-state index contributed by atoms with van der Waals surface area (Å²) in [6.07, 6.45) is 5.93. The molecule has 0 amide bonds. The maximum atomic E-state index is 14.5. The van der Waals surface area contributed by atoms with E-state index in [4.69, 9.17) is 11.6 Å². The first-order valence-electron chi connectivity index (χ1n) is 10.1. The van der Waals surface area contributed by atoms with Crippen LogP contribution in [-0.2, 0) is 14.8 Å². The van der Waals surface area contributed by atoms with E-state index in [9.17, 15) is 22.7 Å². The van der Waals surface area contributed by atoms with Gasteiger partial charge in [0.05, 0.1) is 5.02 Å². The minimum absolute atomic E-state index is 0.00121. The molecule has 1 aliphatic carbocycles. The van der Waals surface area contributed by atoms with Gasteiger partial charge in [-0.05, 0) is 48.2 Å². The molecule has 1 fully saturated rings. The molecule has 3 aromatic rings. The van der Waals surface area contributed by atoms with Gasteiger partial charge in [0, 0.05) is 23.1 Å². The molecule has 6 nitrogen and oxygen atoms in total. The molecule has 1 atom stereocenters. The van der Waals surface area contributed by atoms with Crippen molar-refractivity contribution in [1.82, 2.24) is 9.71 Å². The van der Waals surface area contributed by atoms with Crippen molar-refractivity contribution in [1.29, 1.82) is 0 Å². The smallest absolute Gasteiger partial charge is 0.315 e. The van der Waals surface area contributed by atoms with E-state index in [1.54, 1.807) is 6.07 Å². The lowest BCUT2D eigenvalue weighted by Crippen LogP contribution is -2.36. The molecule has 0 spiro atoms. The first-order valence-corrected chi connectivity index (χ1v) is 11.9. The van der Waals surface area contributed by atoms with E-state index >= 15 is 0 Å². The highest BCUT2D eigenvalue weighted by Gasteiger charge is 2.30. The number of nitrogens with one attached hydrogen (secondary N) is 2. The zero-order valence-corrected chi connectivity index (χ0v) is 18.1. The number of H-pyrrole nitrogens is 1. The maximum absolute atomic E-state index is 14.5. The number of rotatable bonds is 6. The van der Waals surface area contributed by atoms with Crippen molar-refractivity contribution in [3.63, 3.8) is 0 Å². The van der Waals surface area contributed by atoms with Crippen LogP contribution in [0.4, 0.5) is 4.39 Å². The quantitative estimate of drug-likeness (QED) is 0.488. The van der Waals surface area contributed by atoms with Gasteiger partial charge < -0.3 is 10.1 Å². The number of benzene rings is 2. The van der Waals surface area contributed by atoms with Crippen LogP contribution in [0.5, 0.6) is 0 Å². The molecule has 9 heteroatoms. The number of carbonyl (C=O) groups is 1. The number of halogens is 2. The van der Waals surface area contributed by atoms with Crippen molar-refractivity contribution in [3.8, 4) is 0 Å². The summed E-state index contributed by atoms with van der Waals surface area (Å²) in [5.74, 6) is -3.05. The molecule has 164 valence electrons. The SMILES string of the molecule is O=C(O)C(c1ccc(Cl)c(S(=O)(=O)NC2CCCCC2)c1)c1c[nH]c2cccc(F)c12. The van der Waals surface area contributed by atoms with Crippen LogP contribution in [0.2, 0.25) is 5.02 Å². The van der Waals surface area contributed by atoms with Crippen LogP contribution >= 0.6 is 11.6 Å². The van der Waals surface area contributed by atoms with Crippen LogP contribution < -0.4 is 4.72 Å². The third-order valence-corrected chi connectivity index (χ3v) is 7.75. The van der Waals surface area contributed by atoms with Crippen molar-refractivity contribution < 1.29 is 22.7 Å². The summed E-state index contributed by atoms with van der Waals surface area (Å²) in [5, 5.41) is 10.1. The van der Waals surface area contributed by atoms with Gasteiger partial charge in [-0.3, -0.25) is 4.79 Å². The highest BCUT2D eigenvalue weighted by Crippen LogP contribution is 2.35. The second kappa shape index (κ2) is 8.61. The van der Waals surface area contributed by atoms with Gasteiger partial charge in [0.25, 0.3) is 0 Å².